The van der Waals surface area contributed by atoms with Crippen molar-refractivity contribution in [1.29, 1.82) is 0 Å². The molecule has 1 aromatic heterocycles. The maximum absolute atomic E-state index is 12.9. The van der Waals surface area contributed by atoms with E-state index in [1.165, 1.54) is 18.3 Å². The second kappa shape index (κ2) is 12.4. The number of alkyl carbamates (subject to hydrolysis) is 1. The number of carbonyl (C=O) groups is 2. The van der Waals surface area contributed by atoms with Gasteiger partial charge in [0.1, 0.15) is 12.6 Å². The zero-order valence-corrected chi connectivity index (χ0v) is 18.6. The molecule has 2 amide bonds. The van der Waals surface area contributed by atoms with E-state index in [0.717, 1.165) is 11.1 Å². The standard InChI is InChI=1S/C25H24F3N3O4/c26-25(27,28)17-35-22-14-20(11-12-29-22)15-30-23(32)21(13-18-7-3-1-4-8-18)31-24(33)34-16-19-9-5-2-6-10-19/h1-12,14,21H,13,15-17H2,(H,30,32)(H,31,33). The van der Waals surface area contributed by atoms with Gasteiger partial charge >= 0.3 is 12.3 Å². The highest BCUT2D eigenvalue weighted by Gasteiger charge is 2.28. The zero-order chi connectivity index (χ0) is 25.1. The third-order valence-corrected chi connectivity index (χ3v) is 4.75. The molecule has 2 N–H and O–H groups in total. The normalized spacial score (nSPS) is 11.9. The van der Waals surface area contributed by atoms with Crippen molar-refractivity contribution in [3.8, 4) is 5.88 Å². The molecule has 1 atom stereocenters. The fourth-order valence-electron chi connectivity index (χ4n) is 3.07. The Balaban J connectivity index is 1.60. The van der Waals surface area contributed by atoms with Gasteiger partial charge in [0.2, 0.25) is 11.8 Å². The Morgan fingerprint density at radius 3 is 2.23 bits per heavy atom. The van der Waals surface area contributed by atoms with Crippen LogP contribution in [-0.4, -0.2) is 35.8 Å². The minimum atomic E-state index is -4.49. The van der Waals surface area contributed by atoms with Gasteiger partial charge in [-0.05, 0) is 22.8 Å². The maximum Gasteiger partial charge on any atom is 0.422 e. The van der Waals surface area contributed by atoms with Crippen LogP contribution in [0, 0.1) is 0 Å². The molecule has 0 saturated carbocycles. The number of benzene rings is 2. The van der Waals surface area contributed by atoms with Gasteiger partial charge in [-0.1, -0.05) is 60.7 Å². The Morgan fingerprint density at radius 2 is 1.57 bits per heavy atom. The molecule has 0 aliphatic rings. The minimum Gasteiger partial charge on any atom is -0.468 e. The van der Waals surface area contributed by atoms with Gasteiger partial charge < -0.3 is 20.1 Å². The van der Waals surface area contributed by atoms with E-state index in [0.29, 0.717) is 5.56 Å². The summed E-state index contributed by atoms with van der Waals surface area (Å²) in [6.45, 7) is -1.43. The van der Waals surface area contributed by atoms with E-state index in [-0.39, 0.29) is 25.5 Å². The number of pyridine rings is 1. The Labute approximate surface area is 200 Å². The topological polar surface area (TPSA) is 89.6 Å². The fraction of sp³-hybridized carbons (Fsp3) is 0.240. The maximum atomic E-state index is 12.9. The number of ether oxygens (including phenoxy) is 2. The van der Waals surface area contributed by atoms with E-state index in [1.807, 2.05) is 60.7 Å². The summed E-state index contributed by atoms with van der Waals surface area (Å²) in [6, 6.07) is 20.1. The monoisotopic (exact) mass is 487 g/mol. The molecule has 0 fully saturated rings. The van der Waals surface area contributed by atoms with Crippen molar-refractivity contribution in [2.24, 2.45) is 0 Å². The van der Waals surface area contributed by atoms with Crippen molar-refractivity contribution in [3.05, 3.63) is 95.7 Å². The summed E-state index contributed by atoms with van der Waals surface area (Å²) in [5, 5.41) is 5.27. The molecule has 0 bridgehead atoms. The highest BCUT2D eigenvalue weighted by molar-refractivity contribution is 5.85. The number of hydrogen-bond acceptors (Lipinski definition) is 5. The quantitative estimate of drug-likeness (QED) is 0.448. The fourth-order valence-corrected chi connectivity index (χ4v) is 3.07. The number of halogens is 3. The van der Waals surface area contributed by atoms with Gasteiger partial charge in [-0.15, -0.1) is 0 Å². The van der Waals surface area contributed by atoms with Gasteiger partial charge in [0, 0.05) is 25.2 Å². The molecule has 0 spiro atoms. The number of nitrogens with zero attached hydrogens (tertiary/aromatic N) is 1. The van der Waals surface area contributed by atoms with E-state index < -0.39 is 30.8 Å². The smallest absolute Gasteiger partial charge is 0.422 e. The highest BCUT2D eigenvalue weighted by Crippen LogP contribution is 2.17. The van der Waals surface area contributed by atoms with Crippen molar-refractivity contribution in [2.45, 2.75) is 31.8 Å². The van der Waals surface area contributed by atoms with Gasteiger partial charge in [-0.2, -0.15) is 13.2 Å². The number of nitrogens with one attached hydrogen (secondary N) is 2. The van der Waals surface area contributed by atoms with Crippen LogP contribution in [0.15, 0.2) is 79.0 Å². The Bertz CT molecular complexity index is 1100. The van der Waals surface area contributed by atoms with Crippen LogP contribution < -0.4 is 15.4 Å². The van der Waals surface area contributed by atoms with Crippen LogP contribution in [0.25, 0.3) is 0 Å². The molecule has 184 valence electrons. The molecule has 3 aromatic rings. The van der Waals surface area contributed by atoms with E-state index >= 15 is 0 Å². The average Bonchev–Trinajstić information content (AvgIpc) is 2.85. The Hall–Kier alpha value is -4.08. The van der Waals surface area contributed by atoms with E-state index in [4.69, 9.17) is 4.74 Å². The minimum absolute atomic E-state index is 0.00420. The van der Waals surface area contributed by atoms with Gasteiger partial charge in [0.15, 0.2) is 6.61 Å². The van der Waals surface area contributed by atoms with E-state index in [2.05, 4.69) is 20.4 Å². The van der Waals surface area contributed by atoms with Crippen molar-refractivity contribution in [2.75, 3.05) is 6.61 Å². The lowest BCUT2D eigenvalue weighted by molar-refractivity contribution is -0.154. The number of rotatable bonds is 10. The van der Waals surface area contributed by atoms with Crippen LogP contribution >= 0.6 is 0 Å². The van der Waals surface area contributed by atoms with Gasteiger partial charge in [0.25, 0.3) is 0 Å². The predicted octanol–water partition coefficient (Wildman–Crippen LogP) is 4.18. The largest absolute Gasteiger partial charge is 0.468 e. The first-order chi connectivity index (χ1) is 16.8. The van der Waals surface area contributed by atoms with Crippen molar-refractivity contribution in [3.63, 3.8) is 0 Å². The molecule has 0 saturated heterocycles. The summed E-state index contributed by atoms with van der Waals surface area (Å²) in [4.78, 5) is 29.0. The highest BCUT2D eigenvalue weighted by atomic mass is 19.4. The average molecular weight is 487 g/mol. The molecule has 1 heterocycles. The summed E-state index contributed by atoms with van der Waals surface area (Å²) < 4.78 is 47.0. The molecule has 35 heavy (non-hydrogen) atoms. The lowest BCUT2D eigenvalue weighted by Crippen LogP contribution is -2.48. The summed E-state index contributed by atoms with van der Waals surface area (Å²) in [7, 11) is 0. The van der Waals surface area contributed by atoms with Crippen molar-refractivity contribution < 1.29 is 32.2 Å². The number of alkyl halides is 3. The summed E-state index contributed by atoms with van der Waals surface area (Å²) in [6.07, 6.45) is -3.74. The zero-order valence-electron chi connectivity index (χ0n) is 18.6. The van der Waals surface area contributed by atoms with Crippen LogP contribution in [0.4, 0.5) is 18.0 Å². The van der Waals surface area contributed by atoms with Crippen molar-refractivity contribution in [1.82, 2.24) is 15.6 Å². The summed E-state index contributed by atoms with van der Waals surface area (Å²) in [5.41, 5.74) is 2.10. The first-order valence-electron chi connectivity index (χ1n) is 10.7. The predicted molar refractivity (Wildman–Crippen MR) is 121 cm³/mol. The number of aromatic nitrogens is 1. The molecule has 7 nitrogen and oxygen atoms in total. The summed E-state index contributed by atoms with van der Waals surface area (Å²) >= 11 is 0. The summed E-state index contributed by atoms with van der Waals surface area (Å²) in [5.74, 6) is -0.697. The third-order valence-electron chi connectivity index (χ3n) is 4.75. The van der Waals surface area contributed by atoms with Gasteiger partial charge in [0.05, 0.1) is 0 Å². The Kier molecular flexibility index (Phi) is 9.05. The lowest BCUT2D eigenvalue weighted by Gasteiger charge is -2.19. The second-order valence-corrected chi connectivity index (χ2v) is 7.57. The molecule has 10 heteroatoms. The molecule has 3 rings (SSSR count). The van der Waals surface area contributed by atoms with Crippen LogP contribution in [0.5, 0.6) is 5.88 Å². The van der Waals surface area contributed by atoms with Crippen LogP contribution in [0.1, 0.15) is 16.7 Å². The van der Waals surface area contributed by atoms with Gasteiger partial charge in [-0.3, -0.25) is 4.79 Å². The number of carbonyl (C=O) groups excluding carboxylic acids is 2. The first kappa shape index (κ1) is 25.5. The number of amides is 2. The third kappa shape index (κ3) is 9.36. The SMILES string of the molecule is O=C(NC(Cc1ccccc1)C(=O)NCc1ccnc(OCC(F)(F)F)c1)OCc1ccccc1. The lowest BCUT2D eigenvalue weighted by atomic mass is 10.1. The van der Waals surface area contributed by atoms with E-state index in [9.17, 15) is 22.8 Å². The molecular formula is C25H24F3N3O4. The van der Waals surface area contributed by atoms with Crippen molar-refractivity contribution >= 4 is 12.0 Å². The molecule has 2 aromatic carbocycles. The first-order valence-corrected chi connectivity index (χ1v) is 10.7. The molecule has 0 radical (unpaired) electrons. The molecule has 0 aliphatic heterocycles. The molecule has 1 unspecified atom stereocenters. The van der Waals surface area contributed by atoms with E-state index in [1.54, 1.807) is 0 Å². The molecular weight excluding hydrogens is 463 g/mol. The number of hydrogen-bond donors (Lipinski definition) is 2. The van der Waals surface area contributed by atoms with Crippen LogP contribution in [0.3, 0.4) is 0 Å². The second-order valence-electron chi connectivity index (χ2n) is 7.57. The van der Waals surface area contributed by atoms with Crippen LogP contribution in [0.2, 0.25) is 0 Å². The molecule has 0 aliphatic carbocycles. The van der Waals surface area contributed by atoms with Gasteiger partial charge in [-0.25, -0.2) is 9.78 Å². The van der Waals surface area contributed by atoms with Crippen LogP contribution in [-0.2, 0) is 29.1 Å². The Morgan fingerprint density at radius 1 is 0.914 bits per heavy atom.